The summed E-state index contributed by atoms with van der Waals surface area (Å²) < 4.78 is 6.24. The number of allylic oxidation sites excluding steroid dienone is 1. The zero-order valence-electron chi connectivity index (χ0n) is 12.1. The van der Waals surface area contributed by atoms with E-state index < -0.39 is 5.60 Å². The van der Waals surface area contributed by atoms with E-state index in [0.29, 0.717) is 6.54 Å². The number of ether oxygens (including phenoxy) is 1. The molecule has 1 aliphatic rings. The molecule has 2 N–H and O–H groups in total. The number of amides is 1. The molecule has 2 atom stereocenters. The summed E-state index contributed by atoms with van der Waals surface area (Å²) >= 11 is 2.10. The quantitative estimate of drug-likeness (QED) is 0.544. The summed E-state index contributed by atoms with van der Waals surface area (Å²) in [7, 11) is 0. The van der Waals surface area contributed by atoms with Crippen LogP contribution in [0.15, 0.2) is 9.28 Å². The number of carbonyl (C=O) groups is 1. The summed E-state index contributed by atoms with van der Waals surface area (Å²) in [5.74, 6) is 0. The van der Waals surface area contributed by atoms with Crippen LogP contribution >= 0.6 is 22.6 Å². The number of rotatable bonds is 1. The molecule has 0 spiro atoms. The second-order valence-corrected chi connectivity index (χ2v) is 6.91. The number of piperazine rings is 1. The van der Waals surface area contributed by atoms with Crippen LogP contribution in [0.4, 0.5) is 4.79 Å². The van der Waals surface area contributed by atoms with Crippen LogP contribution in [0.5, 0.6) is 0 Å². The fourth-order valence-corrected chi connectivity index (χ4v) is 2.13. The standard InChI is InChI=1S/C13H22IN3O2/c1-8-9(2)17(12(18)19-13(3,4)5)7-11(16-8)10(14)6-15/h6,8-9,15-16H,7H2,1-5H3/b11-10+,15-6?/t8-,9+/m1/s1. The first-order valence-corrected chi connectivity index (χ1v) is 7.39. The van der Waals surface area contributed by atoms with E-state index >= 15 is 0 Å². The predicted molar refractivity (Wildman–Crippen MR) is 84.8 cm³/mol. The van der Waals surface area contributed by atoms with Crippen molar-refractivity contribution in [2.45, 2.75) is 52.3 Å². The Bertz CT molecular complexity index is 401. The van der Waals surface area contributed by atoms with Crippen molar-refractivity contribution in [3.63, 3.8) is 0 Å². The Morgan fingerprint density at radius 2 is 2.11 bits per heavy atom. The zero-order valence-corrected chi connectivity index (χ0v) is 14.2. The predicted octanol–water partition coefficient (Wildman–Crippen LogP) is 2.90. The van der Waals surface area contributed by atoms with Gasteiger partial charge in [-0.1, -0.05) is 0 Å². The number of hydrogen-bond donors (Lipinski definition) is 2. The SMILES string of the molecule is C[C@H]1N/C(=C(/I)C=N)CN(C(=O)OC(C)(C)C)[C@H]1C. The molecule has 1 heterocycles. The molecule has 0 aromatic rings. The van der Waals surface area contributed by atoms with E-state index in [1.165, 1.54) is 6.21 Å². The molecule has 1 saturated heterocycles. The minimum absolute atomic E-state index is 0.0496. The van der Waals surface area contributed by atoms with E-state index in [2.05, 4.69) is 27.9 Å². The monoisotopic (exact) mass is 379 g/mol. The average Bonchev–Trinajstić information content (AvgIpc) is 2.29. The lowest BCUT2D eigenvalue weighted by Gasteiger charge is -2.41. The second kappa shape index (κ2) is 6.11. The first-order valence-electron chi connectivity index (χ1n) is 6.31. The highest BCUT2D eigenvalue weighted by molar-refractivity contribution is 14.1. The minimum Gasteiger partial charge on any atom is -0.444 e. The van der Waals surface area contributed by atoms with Gasteiger partial charge in [0.15, 0.2) is 0 Å². The van der Waals surface area contributed by atoms with Crippen LogP contribution in [-0.4, -0.2) is 41.4 Å². The van der Waals surface area contributed by atoms with Crippen molar-refractivity contribution in [1.29, 1.82) is 5.41 Å². The van der Waals surface area contributed by atoms with Crippen LogP contribution in [0, 0.1) is 5.41 Å². The summed E-state index contributed by atoms with van der Waals surface area (Å²) in [6, 6.07) is 0.175. The molecule has 0 saturated carbocycles. The van der Waals surface area contributed by atoms with E-state index in [0.717, 1.165) is 9.28 Å². The lowest BCUT2D eigenvalue weighted by atomic mass is 10.1. The summed E-state index contributed by atoms with van der Waals surface area (Å²) in [6.07, 6.45) is 0.985. The zero-order chi connectivity index (χ0) is 14.8. The molecule has 1 amide bonds. The van der Waals surface area contributed by atoms with Gasteiger partial charge in [0.2, 0.25) is 0 Å². The molecule has 1 aliphatic heterocycles. The Morgan fingerprint density at radius 3 is 2.58 bits per heavy atom. The smallest absolute Gasteiger partial charge is 0.410 e. The Hall–Kier alpha value is -0.790. The lowest BCUT2D eigenvalue weighted by molar-refractivity contribution is 0.0128. The van der Waals surface area contributed by atoms with Crippen LogP contribution < -0.4 is 5.32 Å². The van der Waals surface area contributed by atoms with E-state index in [1.807, 2.05) is 34.6 Å². The molecule has 1 fully saturated rings. The molecule has 1 rings (SSSR count). The Kier molecular flexibility index (Phi) is 5.23. The molecule has 108 valence electrons. The minimum atomic E-state index is -0.497. The largest absolute Gasteiger partial charge is 0.444 e. The van der Waals surface area contributed by atoms with Gasteiger partial charge in [-0.2, -0.15) is 0 Å². The Morgan fingerprint density at radius 1 is 1.53 bits per heavy atom. The molecule has 0 aliphatic carbocycles. The van der Waals surface area contributed by atoms with Gasteiger partial charge in [0.05, 0.1) is 16.2 Å². The van der Waals surface area contributed by atoms with Crippen molar-refractivity contribution in [3.8, 4) is 0 Å². The van der Waals surface area contributed by atoms with Crippen LogP contribution in [0.1, 0.15) is 34.6 Å². The highest BCUT2D eigenvalue weighted by atomic mass is 127. The lowest BCUT2D eigenvalue weighted by Crippen LogP contribution is -2.57. The fraction of sp³-hybridized carbons (Fsp3) is 0.692. The highest BCUT2D eigenvalue weighted by Crippen LogP contribution is 2.21. The maximum atomic E-state index is 12.2. The van der Waals surface area contributed by atoms with Crippen molar-refractivity contribution in [2.75, 3.05) is 6.54 Å². The molecular weight excluding hydrogens is 357 g/mol. The molecule has 0 aromatic heterocycles. The van der Waals surface area contributed by atoms with Crippen molar-refractivity contribution in [2.24, 2.45) is 0 Å². The first-order chi connectivity index (χ1) is 8.65. The van der Waals surface area contributed by atoms with Crippen molar-refractivity contribution in [3.05, 3.63) is 9.28 Å². The fourth-order valence-electron chi connectivity index (χ4n) is 1.81. The number of nitrogens with zero attached hydrogens (tertiary/aromatic N) is 1. The molecule has 5 nitrogen and oxygen atoms in total. The van der Waals surface area contributed by atoms with Crippen LogP contribution in [-0.2, 0) is 4.74 Å². The third-order valence-corrected chi connectivity index (χ3v) is 3.95. The van der Waals surface area contributed by atoms with E-state index in [9.17, 15) is 4.79 Å². The van der Waals surface area contributed by atoms with Crippen molar-refractivity contribution >= 4 is 34.9 Å². The van der Waals surface area contributed by atoms with Gasteiger partial charge in [0.1, 0.15) is 5.60 Å². The molecule has 0 radical (unpaired) electrons. The van der Waals surface area contributed by atoms with Crippen molar-refractivity contribution < 1.29 is 9.53 Å². The van der Waals surface area contributed by atoms with Crippen LogP contribution in [0.3, 0.4) is 0 Å². The molecule has 6 heteroatoms. The summed E-state index contributed by atoms with van der Waals surface area (Å²) in [6.45, 7) is 10.1. The van der Waals surface area contributed by atoms with Gasteiger partial charge >= 0.3 is 6.09 Å². The maximum Gasteiger partial charge on any atom is 0.410 e. The van der Waals surface area contributed by atoms with Gasteiger partial charge < -0.3 is 15.5 Å². The number of nitrogens with one attached hydrogen (secondary N) is 2. The second-order valence-electron chi connectivity index (χ2n) is 5.75. The molecule has 0 bridgehead atoms. The van der Waals surface area contributed by atoms with Gasteiger partial charge in [-0.15, -0.1) is 0 Å². The highest BCUT2D eigenvalue weighted by Gasteiger charge is 2.33. The normalized spacial score (nSPS) is 26.5. The molecule has 19 heavy (non-hydrogen) atoms. The Labute approximate surface area is 128 Å². The number of carbonyl (C=O) groups excluding carboxylic acids is 1. The van der Waals surface area contributed by atoms with Gasteiger partial charge in [-0.25, -0.2) is 4.79 Å². The van der Waals surface area contributed by atoms with Crippen LogP contribution in [0.25, 0.3) is 0 Å². The topological polar surface area (TPSA) is 65.4 Å². The number of hydrogen-bond acceptors (Lipinski definition) is 4. The van der Waals surface area contributed by atoms with E-state index in [4.69, 9.17) is 10.1 Å². The van der Waals surface area contributed by atoms with Crippen LogP contribution in [0.2, 0.25) is 0 Å². The van der Waals surface area contributed by atoms with Gasteiger partial charge in [-0.3, -0.25) is 4.90 Å². The number of halogens is 1. The van der Waals surface area contributed by atoms with E-state index in [1.54, 1.807) is 4.90 Å². The Balaban J connectivity index is 2.92. The molecular formula is C13H22IN3O2. The molecule has 0 aromatic carbocycles. The van der Waals surface area contributed by atoms with Gasteiger partial charge in [0.25, 0.3) is 0 Å². The maximum absolute atomic E-state index is 12.2. The van der Waals surface area contributed by atoms with E-state index in [-0.39, 0.29) is 18.2 Å². The third kappa shape index (κ3) is 4.36. The first kappa shape index (κ1) is 16.3. The summed E-state index contributed by atoms with van der Waals surface area (Å²) in [4.78, 5) is 13.9. The molecule has 0 unspecified atom stereocenters. The van der Waals surface area contributed by atoms with Gasteiger partial charge in [0, 0.05) is 18.0 Å². The van der Waals surface area contributed by atoms with Gasteiger partial charge in [-0.05, 0) is 57.2 Å². The summed E-state index contributed by atoms with van der Waals surface area (Å²) in [5.41, 5.74) is 0.399. The summed E-state index contributed by atoms with van der Waals surface area (Å²) in [5, 5.41) is 10.6. The third-order valence-electron chi connectivity index (χ3n) is 2.99. The van der Waals surface area contributed by atoms with Crippen molar-refractivity contribution in [1.82, 2.24) is 10.2 Å². The average molecular weight is 379 g/mol.